The maximum atomic E-state index is 12.5. The predicted octanol–water partition coefficient (Wildman–Crippen LogP) is 3.91. The SMILES string of the molecule is CN(C(=N)N)C(=O)c1cc2cccc(Oc3ccc(CN4CCCCC4)cc3)c2[nH]1. The minimum Gasteiger partial charge on any atom is -0.455 e. The number of carbonyl (C=O) groups is 1. The van der Waals surface area contributed by atoms with E-state index < -0.39 is 0 Å². The number of nitrogens with zero attached hydrogens (tertiary/aromatic N) is 2. The van der Waals surface area contributed by atoms with Crippen LogP contribution in [0.15, 0.2) is 48.5 Å². The Labute approximate surface area is 175 Å². The van der Waals surface area contributed by atoms with E-state index in [1.807, 2.05) is 30.3 Å². The average Bonchev–Trinajstić information content (AvgIpc) is 3.20. The summed E-state index contributed by atoms with van der Waals surface area (Å²) in [4.78, 5) is 19.2. The molecule has 30 heavy (non-hydrogen) atoms. The highest BCUT2D eigenvalue weighted by atomic mass is 16.5. The number of piperidine rings is 1. The molecule has 1 fully saturated rings. The van der Waals surface area contributed by atoms with E-state index in [9.17, 15) is 4.79 Å². The summed E-state index contributed by atoms with van der Waals surface area (Å²) >= 11 is 0. The maximum Gasteiger partial charge on any atom is 0.276 e. The smallest absolute Gasteiger partial charge is 0.276 e. The number of ether oxygens (including phenoxy) is 1. The first-order valence-corrected chi connectivity index (χ1v) is 10.2. The monoisotopic (exact) mass is 405 g/mol. The second-order valence-corrected chi connectivity index (χ2v) is 7.74. The van der Waals surface area contributed by atoms with Crippen LogP contribution in [0.5, 0.6) is 11.5 Å². The number of guanidine groups is 1. The molecule has 156 valence electrons. The number of aromatic nitrogens is 1. The van der Waals surface area contributed by atoms with E-state index in [1.54, 1.807) is 6.07 Å². The molecule has 0 spiro atoms. The summed E-state index contributed by atoms with van der Waals surface area (Å²) in [6, 6.07) is 15.6. The summed E-state index contributed by atoms with van der Waals surface area (Å²) in [5, 5.41) is 8.30. The number of likely N-dealkylation sites (tertiary alicyclic amines) is 1. The van der Waals surface area contributed by atoms with E-state index >= 15 is 0 Å². The van der Waals surface area contributed by atoms with Gasteiger partial charge < -0.3 is 15.5 Å². The number of nitrogens with one attached hydrogen (secondary N) is 2. The summed E-state index contributed by atoms with van der Waals surface area (Å²) in [5.41, 5.74) is 7.79. The number of rotatable bonds is 5. The van der Waals surface area contributed by atoms with Crippen LogP contribution < -0.4 is 10.5 Å². The van der Waals surface area contributed by atoms with E-state index in [-0.39, 0.29) is 11.9 Å². The molecule has 0 aliphatic carbocycles. The van der Waals surface area contributed by atoms with Gasteiger partial charge in [0.05, 0.1) is 5.52 Å². The van der Waals surface area contributed by atoms with Gasteiger partial charge in [0, 0.05) is 19.0 Å². The van der Waals surface area contributed by atoms with Crippen LogP contribution in [0.25, 0.3) is 10.9 Å². The molecule has 2 heterocycles. The molecular formula is C23H27N5O2. The summed E-state index contributed by atoms with van der Waals surface area (Å²) in [6.07, 6.45) is 3.91. The van der Waals surface area contributed by atoms with E-state index in [0.29, 0.717) is 11.4 Å². The van der Waals surface area contributed by atoms with Crippen LogP contribution in [0, 0.1) is 5.41 Å². The number of hydrogen-bond donors (Lipinski definition) is 3. The Morgan fingerprint density at radius 1 is 1.17 bits per heavy atom. The standard InChI is InChI=1S/C23H27N5O2/c1-27(23(24)25)22(29)19-14-17-6-5-7-20(21(17)26-19)30-18-10-8-16(9-11-18)15-28-12-3-2-4-13-28/h5-11,14,26H,2-4,12-13,15H2,1H3,(H3,24,25). The van der Waals surface area contributed by atoms with Crippen molar-refractivity contribution in [1.82, 2.24) is 14.8 Å². The van der Waals surface area contributed by atoms with Gasteiger partial charge in [-0.15, -0.1) is 0 Å². The van der Waals surface area contributed by atoms with Gasteiger partial charge in [-0.05, 0) is 55.8 Å². The van der Waals surface area contributed by atoms with Gasteiger partial charge >= 0.3 is 0 Å². The molecule has 0 bridgehead atoms. The topological polar surface area (TPSA) is 98.4 Å². The third-order valence-corrected chi connectivity index (χ3v) is 5.52. The maximum absolute atomic E-state index is 12.5. The molecule has 1 aromatic heterocycles. The molecule has 0 radical (unpaired) electrons. The number of nitrogens with two attached hydrogens (primary N) is 1. The molecule has 0 atom stereocenters. The number of H-pyrrole nitrogens is 1. The Kier molecular flexibility index (Phi) is 5.72. The van der Waals surface area contributed by atoms with Gasteiger partial charge in [0.25, 0.3) is 5.91 Å². The first-order chi connectivity index (χ1) is 14.5. The van der Waals surface area contributed by atoms with Crippen LogP contribution in [0.4, 0.5) is 0 Å². The Morgan fingerprint density at radius 3 is 2.60 bits per heavy atom. The van der Waals surface area contributed by atoms with Gasteiger partial charge in [0.2, 0.25) is 0 Å². The van der Waals surface area contributed by atoms with Gasteiger partial charge in [-0.1, -0.05) is 30.7 Å². The molecule has 1 amide bonds. The van der Waals surface area contributed by atoms with Crippen molar-refractivity contribution in [2.45, 2.75) is 25.8 Å². The van der Waals surface area contributed by atoms with Crippen molar-refractivity contribution in [3.05, 3.63) is 59.8 Å². The number of fused-ring (bicyclic) bond motifs is 1. The van der Waals surface area contributed by atoms with E-state index in [4.69, 9.17) is 15.9 Å². The van der Waals surface area contributed by atoms with Crippen LogP contribution in [0.1, 0.15) is 35.3 Å². The average molecular weight is 406 g/mol. The molecule has 4 N–H and O–H groups in total. The second-order valence-electron chi connectivity index (χ2n) is 7.74. The molecular weight excluding hydrogens is 378 g/mol. The Hall–Kier alpha value is -3.32. The van der Waals surface area contributed by atoms with E-state index in [1.165, 1.54) is 45.0 Å². The number of hydrogen-bond acceptors (Lipinski definition) is 4. The lowest BCUT2D eigenvalue weighted by molar-refractivity contribution is 0.0864. The lowest BCUT2D eigenvalue weighted by atomic mass is 10.1. The predicted molar refractivity (Wildman–Crippen MR) is 118 cm³/mol. The molecule has 1 aliphatic heterocycles. The van der Waals surface area contributed by atoms with Crippen LogP contribution in [-0.4, -0.2) is 46.8 Å². The molecule has 1 aliphatic rings. The highest BCUT2D eigenvalue weighted by Gasteiger charge is 2.18. The quantitative estimate of drug-likeness (QED) is 0.443. The molecule has 7 nitrogen and oxygen atoms in total. The number of para-hydroxylation sites is 1. The van der Waals surface area contributed by atoms with Crippen LogP contribution in [0.3, 0.4) is 0 Å². The van der Waals surface area contributed by atoms with Gasteiger partial charge in [0.15, 0.2) is 11.7 Å². The number of aromatic amines is 1. The second kappa shape index (κ2) is 8.59. The fraction of sp³-hybridized carbons (Fsp3) is 0.304. The first-order valence-electron chi connectivity index (χ1n) is 10.2. The summed E-state index contributed by atoms with van der Waals surface area (Å²) in [7, 11) is 1.47. The lowest BCUT2D eigenvalue weighted by Crippen LogP contribution is -2.38. The fourth-order valence-electron chi connectivity index (χ4n) is 3.78. The minimum atomic E-state index is -0.369. The largest absolute Gasteiger partial charge is 0.455 e. The van der Waals surface area contributed by atoms with Crippen LogP contribution in [0.2, 0.25) is 0 Å². The summed E-state index contributed by atoms with van der Waals surface area (Å²) < 4.78 is 6.10. The zero-order valence-electron chi connectivity index (χ0n) is 17.1. The Bertz CT molecular complexity index is 1050. The third-order valence-electron chi connectivity index (χ3n) is 5.52. The van der Waals surface area contributed by atoms with Crippen molar-refractivity contribution < 1.29 is 9.53 Å². The molecule has 0 saturated carbocycles. The molecule has 2 aromatic carbocycles. The molecule has 0 unspecified atom stereocenters. The van der Waals surface area contributed by atoms with Gasteiger partial charge in [-0.2, -0.15) is 0 Å². The highest BCUT2D eigenvalue weighted by Crippen LogP contribution is 2.30. The number of benzene rings is 2. The van der Waals surface area contributed by atoms with Gasteiger partial charge in [-0.3, -0.25) is 20.0 Å². The fourth-order valence-corrected chi connectivity index (χ4v) is 3.78. The normalized spacial score (nSPS) is 14.6. The molecule has 4 rings (SSSR count). The van der Waals surface area contributed by atoms with Crippen molar-refractivity contribution >= 4 is 22.8 Å². The van der Waals surface area contributed by atoms with Crippen LogP contribution >= 0.6 is 0 Å². The number of amides is 1. The van der Waals surface area contributed by atoms with E-state index in [2.05, 4.69) is 22.0 Å². The van der Waals surface area contributed by atoms with Crippen molar-refractivity contribution in [3.8, 4) is 11.5 Å². The molecule has 7 heteroatoms. The van der Waals surface area contributed by atoms with Gasteiger partial charge in [-0.25, -0.2) is 0 Å². The Morgan fingerprint density at radius 2 is 1.90 bits per heavy atom. The molecule has 3 aromatic rings. The van der Waals surface area contributed by atoms with Crippen LogP contribution in [-0.2, 0) is 6.54 Å². The van der Waals surface area contributed by atoms with Crippen molar-refractivity contribution in [2.75, 3.05) is 20.1 Å². The first kappa shape index (κ1) is 20.0. The van der Waals surface area contributed by atoms with Gasteiger partial charge in [0.1, 0.15) is 11.4 Å². The zero-order valence-corrected chi connectivity index (χ0v) is 17.1. The lowest BCUT2D eigenvalue weighted by Gasteiger charge is -2.26. The minimum absolute atomic E-state index is 0.306. The highest BCUT2D eigenvalue weighted by molar-refractivity contribution is 6.06. The van der Waals surface area contributed by atoms with Crippen molar-refractivity contribution in [2.24, 2.45) is 5.73 Å². The summed E-state index contributed by atoms with van der Waals surface area (Å²) in [5.74, 6) is 0.709. The zero-order chi connectivity index (χ0) is 21.1. The van der Waals surface area contributed by atoms with Crippen molar-refractivity contribution in [1.29, 1.82) is 5.41 Å². The van der Waals surface area contributed by atoms with E-state index in [0.717, 1.165) is 28.1 Å². The van der Waals surface area contributed by atoms with Crippen molar-refractivity contribution in [3.63, 3.8) is 0 Å². The summed E-state index contributed by atoms with van der Waals surface area (Å²) in [6.45, 7) is 3.32. The number of carbonyl (C=O) groups excluding carboxylic acids is 1. The Balaban J connectivity index is 1.50. The third kappa shape index (κ3) is 4.31. The molecule has 1 saturated heterocycles.